The third-order valence-corrected chi connectivity index (χ3v) is 2.38. The number of urea groups is 1. The highest BCUT2D eigenvalue weighted by Gasteiger charge is 2.19. The summed E-state index contributed by atoms with van der Waals surface area (Å²) >= 11 is 0. The topological polar surface area (TPSA) is 96.9 Å². The minimum absolute atomic E-state index is 0.172. The number of aliphatic carboxylic acids is 1. The van der Waals surface area contributed by atoms with Crippen LogP contribution in [-0.2, 0) is 14.3 Å². The van der Waals surface area contributed by atoms with Gasteiger partial charge >= 0.3 is 12.0 Å². The maximum absolute atomic E-state index is 11.5. The number of carboxylic acids is 1. The van der Waals surface area contributed by atoms with Crippen molar-refractivity contribution in [1.82, 2.24) is 10.6 Å². The number of carboxylic acid groups (broad SMARTS) is 1. The number of carbonyl (C=O) groups is 2. The normalized spacial score (nSPS) is 20.8. The number of ether oxygens (including phenoxy) is 2. The number of nitrogens with one attached hydrogen (secondary N) is 2. The van der Waals surface area contributed by atoms with Crippen LogP contribution < -0.4 is 10.6 Å². The molecule has 2 unspecified atom stereocenters. The standard InChI is InChI=1S/C11H18N2O5/c1-2-3-9(10(14)15)13-11(16)12-6-8-7-17-4-5-18-8/h2,8-9H,1,3-7H2,(H,14,15)(H2,12,13,16). The summed E-state index contributed by atoms with van der Waals surface area (Å²) in [6, 6.07) is -1.51. The van der Waals surface area contributed by atoms with E-state index < -0.39 is 18.0 Å². The number of amides is 2. The van der Waals surface area contributed by atoms with Crippen molar-refractivity contribution in [3.05, 3.63) is 12.7 Å². The van der Waals surface area contributed by atoms with Gasteiger partial charge in [-0.15, -0.1) is 6.58 Å². The maximum atomic E-state index is 11.5. The SMILES string of the molecule is C=CCC(NC(=O)NCC1COCCO1)C(=O)O. The summed E-state index contributed by atoms with van der Waals surface area (Å²) in [5, 5.41) is 13.7. The molecule has 0 bridgehead atoms. The van der Waals surface area contributed by atoms with Crippen LogP contribution in [0.1, 0.15) is 6.42 Å². The first-order chi connectivity index (χ1) is 8.63. The van der Waals surface area contributed by atoms with Crippen LogP contribution in [0.25, 0.3) is 0 Å². The Hall–Kier alpha value is -1.60. The van der Waals surface area contributed by atoms with Gasteiger partial charge in [-0.2, -0.15) is 0 Å². The summed E-state index contributed by atoms with van der Waals surface area (Å²) in [6.07, 6.45) is 1.43. The van der Waals surface area contributed by atoms with Gasteiger partial charge in [0.1, 0.15) is 6.04 Å². The molecule has 0 aromatic rings. The highest BCUT2D eigenvalue weighted by molar-refractivity contribution is 5.82. The second kappa shape index (κ2) is 7.67. The molecule has 1 saturated heterocycles. The lowest BCUT2D eigenvalue weighted by Crippen LogP contribution is -2.48. The molecule has 0 saturated carbocycles. The van der Waals surface area contributed by atoms with Crippen molar-refractivity contribution in [3.8, 4) is 0 Å². The van der Waals surface area contributed by atoms with E-state index in [1.54, 1.807) is 0 Å². The molecule has 3 N–H and O–H groups in total. The molecule has 7 nitrogen and oxygen atoms in total. The predicted octanol–water partition coefficient (Wildman–Crippen LogP) is -0.270. The highest BCUT2D eigenvalue weighted by atomic mass is 16.6. The molecule has 7 heteroatoms. The molecular weight excluding hydrogens is 240 g/mol. The van der Waals surface area contributed by atoms with Crippen molar-refractivity contribution >= 4 is 12.0 Å². The molecule has 0 aliphatic carbocycles. The number of hydrogen-bond donors (Lipinski definition) is 3. The molecule has 1 aliphatic heterocycles. The summed E-state index contributed by atoms with van der Waals surface area (Å²) in [5.74, 6) is -1.10. The molecular formula is C11H18N2O5. The molecule has 2 atom stereocenters. The van der Waals surface area contributed by atoms with E-state index in [0.717, 1.165) is 0 Å². The monoisotopic (exact) mass is 258 g/mol. The van der Waals surface area contributed by atoms with E-state index in [4.69, 9.17) is 14.6 Å². The second-order valence-corrected chi connectivity index (χ2v) is 3.84. The van der Waals surface area contributed by atoms with E-state index in [9.17, 15) is 9.59 Å². The molecule has 0 spiro atoms. The number of rotatable bonds is 6. The molecule has 2 amide bonds. The van der Waals surface area contributed by atoms with Crippen molar-refractivity contribution in [1.29, 1.82) is 0 Å². The Morgan fingerprint density at radius 2 is 2.28 bits per heavy atom. The van der Waals surface area contributed by atoms with E-state index in [0.29, 0.717) is 19.8 Å². The molecule has 1 fully saturated rings. The Morgan fingerprint density at radius 3 is 2.83 bits per heavy atom. The van der Waals surface area contributed by atoms with Gasteiger partial charge in [0.25, 0.3) is 0 Å². The zero-order chi connectivity index (χ0) is 13.4. The van der Waals surface area contributed by atoms with Crippen molar-refractivity contribution in [2.45, 2.75) is 18.6 Å². The van der Waals surface area contributed by atoms with Gasteiger partial charge in [0.05, 0.1) is 25.9 Å². The Balaban J connectivity index is 2.26. The van der Waals surface area contributed by atoms with Crippen LogP contribution in [0.3, 0.4) is 0 Å². The molecule has 0 aromatic carbocycles. The lowest BCUT2D eigenvalue weighted by Gasteiger charge is -2.23. The van der Waals surface area contributed by atoms with Crippen LogP contribution in [0.4, 0.5) is 4.79 Å². The first-order valence-electron chi connectivity index (χ1n) is 5.71. The average molecular weight is 258 g/mol. The van der Waals surface area contributed by atoms with Crippen molar-refractivity contribution in [2.75, 3.05) is 26.4 Å². The van der Waals surface area contributed by atoms with Gasteiger partial charge in [-0.3, -0.25) is 0 Å². The summed E-state index contributed by atoms with van der Waals surface area (Å²) < 4.78 is 10.5. The summed E-state index contributed by atoms with van der Waals surface area (Å²) in [7, 11) is 0. The minimum Gasteiger partial charge on any atom is -0.480 e. The number of carbonyl (C=O) groups excluding carboxylic acids is 1. The van der Waals surface area contributed by atoms with Gasteiger partial charge in [0.15, 0.2) is 0 Å². The van der Waals surface area contributed by atoms with Crippen LogP contribution in [0.15, 0.2) is 12.7 Å². The van der Waals surface area contributed by atoms with Crippen LogP contribution in [-0.4, -0.2) is 55.6 Å². The van der Waals surface area contributed by atoms with E-state index >= 15 is 0 Å². The molecule has 18 heavy (non-hydrogen) atoms. The van der Waals surface area contributed by atoms with Crippen LogP contribution in [0, 0.1) is 0 Å². The molecule has 1 aliphatic rings. The van der Waals surface area contributed by atoms with Gasteiger partial charge in [-0.25, -0.2) is 9.59 Å². The van der Waals surface area contributed by atoms with E-state index in [2.05, 4.69) is 17.2 Å². The third-order valence-electron chi connectivity index (χ3n) is 2.38. The first kappa shape index (κ1) is 14.5. The van der Waals surface area contributed by atoms with Gasteiger partial charge in [-0.1, -0.05) is 6.08 Å². The van der Waals surface area contributed by atoms with E-state index in [1.807, 2.05) is 0 Å². The van der Waals surface area contributed by atoms with Gasteiger partial charge in [0, 0.05) is 6.54 Å². The zero-order valence-electron chi connectivity index (χ0n) is 10.1. The quantitative estimate of drug-likeness (QED) is 0.570. The molecule has 1 rings (SSSR count). The minimum atomic E-state index is -1.10. The smallest absolute Gasteiger partial charge is 0.326 e. The highest BCUT2D eigenvalue weighted by Crippen LogP contribution is 1.99. The van der Waals surface area contributed by atoms with Crippen LogP contribution in [0.5, 0.6) is 0 Å². The lowest BCUT2D eigenvalue weighted by atomic mass is 10.2. The Kier molecular flexibility index (Phi) is 6.16. The number of hydrogen-bond acceptors (Lipinski definition) is 4. The van der Waals surface area contributed by atoms with Crippen molar-refractivity contribution in [3.63, 3.8) is 0 Å². The summed E-state index contributed by atoms with van der Waals surface area (Å²) in [6.45, 7) is 5.21. The molecule has 1 heterocycles. The fourth-order valence-electron chi connectivity index (χ4n) is 1.46. The predicted molar refractivity (Wildman–Crippen MR) is 63.3 cm³/mol. The Labute approximate surface area is 105 Å². The Bertz CT molecular complexity index is 302. The van der Waals surface area contributed by atoms with Crippen molar-refractivity contribution < 1.29 is 24.2 Å². The maximum Gasteiger partial charge on any atom is 0.326 e. The molecule has 102 valence electrons. The third kappa shape index (κ3) is 5.15. The van der Waals surface area contributed by atoms with Gasteiger partial charge in [0.2, 0.25) is 0 Å². The zero-order valence-corrected chi connectivity index (χ0v) is 10.1. The fraction of sp³-hybridized carbons (Fsp3) is 0.636. The van der Waals surface area contributed by atoms with Crippen LogP contribution in [0.2, 0.25) is 0 Å². The summed E-state index contributed by atoms with van der Waals surface area (Å²) in [4.78, 5) is 22.3. The fourth-order valence-corrected chi connectivity index (χ4v) is 1.46. The van der Waals surface area contributed by atoms with Crippen LogP contribution >= 0.6 is 0 Å². The average Bonchev–Trinajstić information content (AvgIpc) is 2.37. The van der Waals surface area contributed by atoms with E-state index in [1.165, 1.54) is 6.08 Å². The lowest BCUT2D eigenvalue weighted by molar-refractivity contribution is -0.139. The van der Waals surface area contributed by atoms with Crippen molar-refractivity contribution in [2.24, 2.45) is 0 Å². The van der Waals surface area contributed by atoms with Gasteiger partial charge in [-0.05, 0) is 6.42 Å². The van der Waals surface area contributed by atoms with E-state index in [-0.39, 0.29) is 19.1 Å². The molecule has 0 aromatic heterocycles. The molecule has 0 radical (unpaired) electrons. The largest absolute Gasteiger partial charge is 0.480 e. The van der Waals surface area contributed by atoms with Gasteiger partial charge < -0.3 is 25.2 Å². The first-order valence-corrected chi connectivity index (χ1v) is 5.71. The Morgan fingerprint density at radius 1 is 1.50 bits per heavy atom. The summed E-state index contributed by atoms with van der Waals surface area (Å²) in [5.41, 5.74) is 0. The second-order valence-electron chi connectivity index (χ2n) is 3.84.